The number of amides is 1. The summed E-state index contributed by atoms with van der Waals surface area (Å²) < 4.78 is 12.7. The van der Waals surface area contributed by atoms with E-state index in [2.05, 4.69) is 10.5 Å². The lowest BCUT2D eigenvalue weighted by Crippen LogP contribution is -2.17. The molecule has 0 heterocycles. The van der Waals surface area contributed by atoms with Gasteiger partial charge in [-0.2, -0.15) is 5.10 Å². The van der Waals surface area contributed by atoms with Crippen molar-refractivity contribution in [1.29, 1.82) is 0 Å². The van der Waals surface area contributed by atoms with Crippen LogP contribution in [0.4, 0.5) is 4.39 Å². The van der Waals surface area contributed by atoms with Gasteiger partial charge in [0, 0.05) is 0 Å². The maximum Gasteiger partial charge on any atom is 0.275 e. The van der Waals surface area contributed by atoms with Gasteiger partial charge in [-0.15, -0.1) is 0 Å². The van der Waals surface area contributed by atoms with Crippen molar-refractivity contribution in [2.24, 2.45) is 5.10 Å². The van der Waals surface area contributed by atoms with Crippen molar-refractivity contribution < 1.29 is 14.3 Å². The number of nitrogens with one attached hydrogen (secondary N) is 1. The van der Waals surface area contributed by atoms with Crippen molar-refractivity contribution >= 4 is 12.1 Å². The van der Waals surface area contributed by atoms with Crippen molar-refractivity contribution in [1.82, 2.24) is 5.43 Å². The molecule has 2 N–H and O–H groups in total. The monoisotopic (exact) mass is 258 g/mol. The van der Waals surface area contributed by atoms with Crippen LogP contribution in [0.15, 0.2) is 53.6 Å². The summed E-state index contributed by atoms with van der Waals surface area (Å²) in [5.41, 5.74) is 3.07. The van der Waals surface area contributed by atoms with E-state index in [4.69, 9.17) is 0 Å². The Morgan fingerprint density at radius 3 is 2.53 bits per heavy atom. The van der Waals surface area contributed by atoms with E-state index in [0.717, 1.165) is 0 Å². The molecule has 0 saturated carbocycles. The smallest absolute Gasteiger partial charge is 0.275 e. The zero-order valence-electron chi connectivity index (χ0n) is 9.88. The average Bonchev–Trinajstić information content (AvgIpc) is 2.41. The van der Waals surface area contributed by atoms with Crippen LogP contribution in [-0.4, -0.2) is 17.2 Å². The number of para-hydroxylation sites is 1. The number of phenolic OH excluding ortho intramolecular Hbond substituents is 1. The molecule has 0 saturated heterocycles. The quantitative estimate of drug-likeness (QED) is 0.655. The second kappa shape index (κ2) is 5.77. The number of benzene rings is 2. The van der Waals surface area contributed by atoms with Crippen LogP contribution in [0.2, 0.25) is 0 Å². The minimum absolute atomic E-state index is 0.114. The molecule has 2 aromatic carbocycles. The Kier molecular flexibility index (Phi) is 3.87. The predicted molar refractivity (Wildman–Crippen MR) is 69.6 cm³/mol. The summed E-state index contributed by atoms with van der Waals surface area (Å²) in [6.07, 6.45) is 1.39. The average molecular weight is 258 g/mol. The molecule has 0 radical (unpaired) electrons. The Morgan fingerprint density at radius 1 is 1.16 bits per heavy atom. The summed E-state index contributed by atoms with van der Waals surface area (Å²) in [5.74, 6) is -0.969. The fraction of sp³-hybridized carbons (Fsp3) is 0. The first-order valence-electron chi connectivity index (χ1n) is 5.54. The number of rotatable bonds is 3. The van der Waals surface area contributed by atoms with Crippen LogP contribution in [-0.2, 0) is 0 Å². The Hall–Kier alpha value is -2.69. The molecule has 0 aromatic heterocycles. The topological polar surface area (TPSA) is 61.7 Å². The van der Waals surface area contributed by atoms with Crippen molar-refractivity contribution in [2.75, 3.05) is 0 Å². The van der Waals surface area contributed by atoms with E-state index in [1.807, 2.05) is 0 Å². The molecule has 0 atom stereocenters. The van der Waals surface area contributed by atoms with Gasteiger partial charge in [0.1, 0.15) is 11.6 Å². The maximum atomic E-state index is 12.7. The van der Waals surface area contributed by atoms with E-state index in [1.165, 1.54) is 42.6 Å². The summed E-state index contributed by atoms with van der Waals surface area (Å²) in [6.45, 7) is 0. The normalized spacial score (nSPS) is 10.6. The highest BCUT2D eigenvalue weighted by Gasteiger charge is 2.08. The van der Waals surface area contributed by atoms with Gasteiger partial charge < -0.3 is 5.11 Å². The highest BCUT2D eigenvalue weighted by molar-refractivity contribution is 5.97. The minimum atomic E-state index is -0.517. The van der Waals surface area contributed by atoms with Gasteiger partial charge in [-0.3, -0.25) is 4.79 Å². The molecule has 0 aliphatic rings. The number of hydrogen-bond acceptors (Lipinski definition) is 3. The fourth-order valence-corrected chi connectivity index (χ4v) is 1.44. The lowest BCUT2D eigenvalue weighted by atomic mass is 10.2. The van der Waals surface area contributed by atoms with Crippen LogP contribution < -0.4 is 5.43 Å². The first-order valence-corrected chi connectivity index (χ1v) is 5.54. The van der Waals surface area contributed by atoms with Crippen LogP contribution in [0.3, 0.4) is 0 Å². The number of halogens is 1. The highest BCUT2D eigenvalue weighted by Crippen LogP contribution is 2.14. The van der Waals surface area contributed by atoms with E-state index >= 15 is 0 Å². The zero-order valence-corrected chi connectivity index (χ0v) is 9.88. The molecule has 2 aromatic rings. The molecule has 0 spiro atoms. The van der Waals surface area contributed by atoms with E-state index < -0.39 is 5.91 Å². The molecule has 5 heteroatoms. The molecule has 0 aliphatic carbocycles. The third kappa shape index (κ3) is 3.38. The van der Waals surface area contributed by atoms with E-state index in [1.54, 1.807) is 12.1 Å². The first kappa shape index (κ1) is 12.8. The molecule has 0 fully saturated rings. The molecule has 19 heavy (non-hydrogen) atoms. The molecule has 0 aliphatic heterocycles. The molecule has 2 rings (SSSR count). The summed E-state index contributed by atoms with van der Waals surface area (Å²) in [7, 11) is 0. The van der Waals surface area contributed by atoms with Crippen molar-refractivity contribution in [3.8, 4) is 5.75 Å². The SMILES string of the molecule is O=C(NN=Cc1ccc(F)cc1)c1ccccc1O. The minimum Gasteiger partial charge on any atom is -0.507 e. The number of carbonyl (C=O) groups excluding carboxylic acids is 1. The number of carbonyl (C=O) groups is 1. The molecule has 96 valence electrons. The van der Waals surface area contributed by atoms with Gasteiger partial charge in [-0.1, -0.05) is 24.3 Å². The number of hydrazone groups is 1. The van der Waals surface area contributed by atoms with Crippen molar-refractivity contribution in [3.05, 3.63) is 65.5 Å². The van der Waals surface area contributed by atoms with E-state index in [-0.39, 0.29) is 17.1 Å². The Balaban J connectivity index is 2.01. The van der Waals surface area contributed by atoms with Crippen LogP contribution in [0.25, 0.3) is 0 Å². The molecular formula is C14H11FN2O2. The largest absolute Gasteiger partial charge is 0.507 e. The second-order valence-electron chi connectivity index (χ2n) is 3.77. The van der Waals surface area contributed by atoms with E-state index in [0.29, 0.717) is 5.56 Å². The van der Waals surface area contributed by atoms with Gasteiger partial charge in [0.2, 0.25) is 0 Å². The molecule has 1 amide bonds. The van der Waals surface area contributed by atoms with Crippen LogP contribution in [0.1, 0.15) is 15.9 Å². The van der Waals surface area contributed by atoms with Crippen LogP contribution in [0, 0.1) is 5.82 Å². The predicted octanol–water partition coefficient (Wildman–Crippen LogP) is 2.30. The summed E-state index contributed by atoms with van der Waals surface area (Å²) in [4.78, 5) is 11.7. The Labute approximate surface area is 109 Å². The van der Waals surface area contributed by atoms with Gasteiger partial charge in [0.25, 0.3) is 5.91 Å². The third-order valence-electron chi connectivity index (χ3n) is 2.40. The number of hydrogen-bond donors (Lipinski definition) is 2. The van der Waals surface area contributed by atoms with Gasteiger partial charge >= 0.3 is 0 Å². The molecule has 0 bridgehead atoms. The Morgan fingerprint density at radius 2 is 1.84 bits per heavy atom. The Bertz CT molecular complexity index is 609. The third-order valence-corrected chi connectivity index (χ3v) is 2.40. The summed E-state index contributed by atoms with van der Waals surface area (Å²) in [6, 6.07) is 11.8. The van der Waals surface area contributed by atoms with Crippen molar-refractivity contribution in [3.63, 3.8) is 0 Å². The van der Waals surface area contributed by atoms with Crippen molar-refractivity contribution in [2.45, 2.75) is 0 Å². The molecule has 4 nitrogen and oxygen atoms in total. The number of phenols is 1. The number of aromatic hydroxyl groups is 1. The number of nitrogens with zero attached hydrogens (tertiary/aromatic N) is 1. The summed E-state index contributed by atoms with van der Waals surface area (Å²) in [5, 5.41) is 13.2. The first-order chi connectivity index (χ1) is 9.16. The standard InChI is InChI=1S/C14H11FN2O2/c15-11-7-5-10(6-8-11)9-16-17-14(19)12-3-1-2-4-13(12)18/h1-9,18H,(H,17,19). The maximum absolute atomic E-state index is 12.7. The lowest BCUT2D eigenvalue weighted by Gasteiger charge is -2.01. The fourth-order valence-electron chi connectivity index (χ4n) is 1.44. The van der Waals surface area contributed by atoms with Crippen LogP contribution >= 0.6 is 0 Å². The van der Waals surface area contributed by atoms with E-state index in [9.17, 15) is 14.3 Å². The summed E-state index contributed by atoms with van der Waals surface area (Å²) >= 11 is 0. The zero-order chi connectivity index (χ0) is 13.7. The van der Waals surface area contributed by atoms with Crippen LogP contribution in [0.5, 0.6) is 5.75 Å². The van der Waals surface area contributed by atoms with Gasteiger partial charge in [0.15, 0.2) is 0 Å². The van der Waals surface area contributed by atoms with Gasteiger partial charge in [0.05, 0.1) is 11.8 Å². The highest BCUT2D eigenvalue weighted by atomic mass is 19.1. The molecular weight excluding hydrogens is 247 g/mol. The van der Waals surface area contributed by atoms with Gasteiger partial charge in [-0.25, -0.2) is 9.82 Å². The molecule has 0 unspecified atom stereocenters. The van der Waals surface area contributed by atoms with Gasteiger partial charge in [-0.05, 0) is 29.8 Å². The lowest BCUT2D eigenvalue weighted by molar-refractivity contribution is 0.0952. The second-order valence-corrected chi connectivity index (χ2v) is 3.77.